The number of carbonyl (C=O) groups is 3. The van der Waals surface area contributed by atoms with Gasteiger partial charge >= 0.3 is 5.97 Å². The number of hydrogen-bond acceptors (Lipinski definition) is 6. The van der Waals surface area contributed by atoms with Crippen LogP contribution < -0.4 is 0 Å². The summed E-state index contributed by atoms with van der Waals surface area (Å²) >= 11 is 0. The first-order valence-corrected chi connectivity index (χ1v) is 13.2. The van der Waals surface area contributed by atoms with E-state index in [4.69, 9.17) is 9.47 Å². The fraction of sp³-hybridized carbons (Fsp3) is 0.552. The second-order valence-corrected chi connectivity index (χ2v) is 11.3. The van der Waals surface area contributed by atoms with Crippen molar-refractivity contribution in [2.24, 2.45) is 11.8 Å². The smallest absolute Gasteiger partial charge is 0.312 e. The summed E-state index contributed by atoms with van der Waals surface area (Å²) < 4.78 is 12.3. The summed E-state index contributed by atoms with van der Waals surface area (Å²) in [4.78, 5) is 45.3. The Labute approximate surface area is 217 Å². The molecule has 1 aromatic carbocycles. The maximum absolute atomic E-state index is 14.4. The molecule has 0 saturated carbocycles. The zero-order valence-electron chi connectivity index (χ0n) is 21.7. The summed E-state index contributed by atoms with van der Waals surface area (Å²) in [5.41, 5.74) is -1.17. The monoisotopic (exact) mass is 508 g/mol. The summed E-state index contributed by atoms with van der Waals surface area (Å²) in [7, 11) is 0. The zero-order valence-corrected chi connectivity index (χ0v) is 21.7. The van der Waals surface area contributed by atoms with Crippen LogP contribution in [-0.4, -0.2) is 75.7 Å². The summed E-state index contributed by atoms with van der Waals surface area (Å²) in [6, 6.07) is 7.38. The van der Waals surface area contributed by atoms with Crippen molar-refractivity contribution in [1.29, 1.82) is 0 Å². The molecule has 198 valence electrons. The molecule has 37 heavy (non-hydrogen) atoms. The van der Waals surface area contributed by atoms with Gasteiger partial charge in [-0.2, -0.15) is 0 Å². The predicted octanol–water partition coefficient (Wildman–Crippen LogP) is 2.78. The van der Waals surface area contributed by atoms with Crippen LogP contribution in [0.15, 0.2) is 54.6 Å². The number of cyclic esters (lactones) is 1. The molecule has 4 aliphatic rings. The molecule has 2 fully saturated rings. The van der Waals surface area contributed by atoms with E-state index in [1.54, 1.807) is 4.90 Å². The van der Waals surface area contributed by atoms with Crippen LogP contribution in [0.25, 0.3) is 0 Å². The molecule has 0 radical (unpaired) electrons. The largest absolute Gasteiger partial charge is 0.465 e. The molecule has 1 aromatic rings. The summed E-state index contributed by atoms with van der Waals surface area (Å²) in [6.07, 6.45) is 9.30. The number of nitrogens with zero attached hydrogens (tertiary/aromatic N) is 2. The van der Waals surface area contributed by atoms with Crippen molar-refractivity contribution in [2.45, 2.75) is 69.4 Å². The number of carbonyl (C=O) groups excluding carboxylic acids is 3. The highest BCUT2D eigenvalue weighted by atomic mass is 16.6. The van der Waals surface area contributed by atoms with Gasteiger partial charge in [0.15, 0.2) is 0 Å². The number of aliphatic hydroxyl groups is 1. The third-order valence-electron chi connectivity index (χ3n) is 8.04. The molecule has 6 atom stereocenters. The third kappa shape index (κ3) is 4.20. The topological polar surface area (TPSA) is 96.4 Å². The number of amides is 2. The van der Waals surface area contributed by atoms with E-state index in [0.29, 0.717) is 12.1 Å². The Balaban J connectivity index is 1.68. The Morgan fingerprint density at radius 3 is 2.54 bits per heavy atom. The van der Waals surface area contributed by atoms with E-state index in [0.717, 1.165) is 19.3 Å². The number of ether oxygens (including phenoxy) is 2. The first kappa shape index (κ1) is 25.7. The number of benzene rings is 1. The normalized spacial score (nSPS) is 33.8. The van der Waals surface area contributed by atoms with Crippen LogP contribution in [0.1, 0.15) is 51.6 Å². The molecule has 2 saturated heterocycles. The number of likely N-dealkylation sites (tertiary alicyclic amines) is 1. The molecule has 4 heterocycles. The summed E-state index contributed by atoms with van der Waals surface area (Å²) in [6.45, 7) is 6.11. The van der Waals surface area contributed by atoms with Crippen molar-refractivity contribution in [3.63, 3.8) is 0 Å². The minimum atomic E-state index is -1.36. The Kier molecular flexibility index (Phi) is 6.75. The summed E-state index contributed by atoms with van der Waals surface area (Å²) in [5.74, 6) is -2.95. The number of fused-ring (bicyclic) bond motifs is 2. The van der Waals surface area contributed by atoms with E-state index in [2.05, 4.69) is 0 Å². The second kappa shape index (κ2) is 9.72. The Bertz CT molecular complexity index is 1110. The highest BCUT2D eigenvalue weighted by Crippen LogP contribution is 2.55. The molecular weight excluding hydrogens is 472 g/mol. The van der Waals surface area contributed by atoms with Gasteiger partial charge in [-0.25, -0.2) is 0 Å². The van der Waals surface area contributed by atoms with Gasteiger partial charge in [-0.1, -0.05) is 54.6 Å². The summed E-state index contributed by atoms with van der Waals surface area (Å²) in [5, 5.41) is 10.5. The number of allylic oxidation sites excluding steroid dienone is 1. The number of rotatable bonds is 3. The van der Waals surface area contributed by atoms with Crippen LogP contribution in [0.3, 0.4) is 0 Å². The molecule has 0 bridgehead atoms. The van der Waals surface area contributed by atoms with Crippen LogP contribution in [0.2, 0.25) is 0 Å². The fourth-order valence-corrected chi connectivity index (χ4v) is 6.32. The van der Waals surface area contributed by atoms with Crippen LogP contribution in [0.5, 0.6) is 0 Å². The van der Waals surface area contributed by atoms with Gasteiger partial charge in [-0.3, -0.25) is 14.4 Å². The maximum Gasteiger partial charge on any atom is 0.312 e. The van der Waals surface area contributed by atoms with Crippen molar-refractivity contribution in [3.05, 3.63) is 60.2 Å². The van der Waals surface area contributed by atoms with Gasteiger partial charge in [0.1, 0.15) is 17.6 Å². The highest BCUT2D eigenvalue weighted by Gasteiger charge is 2.72. The second-order valence-electron chi connectivity index (χ2n) is 11.3. The van der Waals surface area contributed by atoms with Crippen molar-refractivity contribution in [2.75, 3.05) is 19.8 Å². The minimum Gasteiger partial charge on any atom is -0.465 e. The van der Waals surface area contributed by atoms with Crippen LogP contribution in [0, 0.1) is 11.8 Å². The lowest BCUT2D eigenvalue weighted by molar-refractivity contribution is -0.157. The molecule has 1 unspecified atom stereocenters. The molecular formula is C29H36N2O6. The van der Waals surface area contributed by atoms with E-state index in [-0.39, 0.29) is 25.0 Å². The van der Waals surface area contributed by atoms with Gasteiger partial charge in [0.25, 0.3) is 0 Å². The lowest BCUT2D eigenvalue weighted by Crippen LogP contribution is -2.59. The highest BCUT2D eigenvalue weighted by molar-refractivity contribution is 5.99. The molecule has 0 aromatic heterocycles. The van der Waals surface area contributed by atoms with Crippen molar-refractivity contribution in [1.82, 2.24) is 9.80 Å². The molecule has 0 aliphatic carbocycles. The van der Waals surface area contributed by atoms with Gasteiger partial charge in [-0.15, -0.1) is 0 Å². The quantitative estimate of drug-likeness (QED) is 0.498. The molecule has 2 amide bonds. The average Bonchev–Trinajstić information content (AvgIpc) is 3.24. The van der Waals surface area contributed by atoms with E-state index in [9.17, 15) is 19.5 Å². The zero-order chi connectivity index (χ0) is 26.4. The van der Waals surface area contributed by atoms with Gasteiger partial charge in [0.05, 0.1) is 31.3 Å². The van der Waals surface area contributed by atoms with Crippen LogP contribution >= 0.6 is 0 Å². The lowest BCUT2D eigenvalue weighted by atomic mass is 9.77. The number of aliphatic hydroxyl groups excluding tert-OH is 1. The molecule has 5 rings (SSSR count). The van der Waals surface area contributed by atoms with E-state index in [1.807, 2.05) is 75.4 Å². The first-order valence-electron chi connectivity index (χ1n) is 13.2. The van der Waals surface area contributed by atoms with Gasteiger partial charge in [0.2, 0.25) is 11.8 Å². The standard InChI is InChI=1S/C29H36N2O6/c1-28(2,3)30-16-11-15-29-23(22-21(37-29)14-9-4-5-10-17-36-27(22)35)25(33)31(24(29)26(30)34)20(18-32)19-12-7-6-8-13-19/h6-9,11-15,20-24,32H,4-5,10,16-18H2,1-3H3/b14-9-/t20-,21+,22-,23+,24?,29+/m1/s1. The number of esters is 1. The fourth-order valence-electron chi connectivity index (χ4n) is 6.32. The molecule has 1 N–H and O–H groups in total. The first-order chi connectivity index (χ1) is 17.7. The van der Waals surface area contributed by atoms with Crippen LogP contribution in [-0.2, 0) is 23.9 Å². The minimum absolute atomic E-state index is 0.260. The third-order valence-corrected chi connectivity index (χ3v) is 8.04. The lowest BCUT2D eigenvalue weighted by Gasteiger charge is -2.42. The average molecular weight is 509 g/mol. The maximum atomic E-state index is 14.4. The van der Waals surface area contributed by atoms with E-state index < -0.39 is 47.1 Å². The van der Waals surface area contributed by atoms with E-state index >= 15 is 0 Å². The molecule has 4 aliphatic heterocycles. The van der Waals surface area contributed by atoms with Crippen molar-refractivity contribution < 1.29 is 29.0 Å². The SMILES string of the molecule is CC(C)(C)N1CC=C[C@]23O[C@H]4/C=C\CCCCOC(=O)[C@H]4[C@H]2C(=O)N([C@H](CO)c2ccccc2)C3C1=O. The van der Waals surface area contributed by atoms with Gasteiger partial charge in [-0.05, 0) is 45.6 Å². The van der Waals surface area contributed by atoms with Gasteiger partial charge in [0, 0.05) is 12.1 Å². The van der Waals surface area contributed by atoms with E-state index in [1.165, 1.54) is 4.90 Å². The molecule has 8 heteroatoms. The Morgan fingerprint density at radius 1 is 1.08 bits per heavy atom. The van der Waals surface area contributed by atoms with Crippen LogP contribution in [0.4, 0.5) is 0 Å². The van der Waals surface area contributed by atoms with Crippen molar-refractivity contribution in [3.8, 4) is 0 Å². The predicted molar refractivity (Wildman–Crippen MR) is 136 cm³/mol. The van der Waals surface area contributed by atoms with Crippen molar-refractivity contribution >= 4 is 17.8 Å². The number of hydrogen-bond donors (Lipinski definition) is 1. The Hall–Kier alpha value is -2.97. The molecule has 1 spiro atoms. The molecule has 8 nitrogen and oxygen atoms in total. The van der Waals surface area contributed by atoms with Gasteiger partial charge < -0.3 is 24.4 Å². The Morgan fingerprint density at radius 2 is 1.84 bits per heavy atom.